The van der Waals surface area contributed by atoms with Gasteiger partial charge in [-0.25, -0.2) is 9.18 Å². The first kappa shape index (κ1) is 17.4. The molecule has 0 radical (unpaired) electrons. The first-order valence-corrected chi connectivity index (χ1v) is 7.39. The van der Waals surface area contributed by atoms with Gasteiger partial charge in [-0.15, -0.1) is 0 Å². The van der Waals surface area contributed by atoms with E-state index in [1.54, 1.807) is 13.0 Å². The summed E-state index contributed by atoms with van der Waals surface area (Å²) in [6.07, 6.45) is -0.186. The fourth-order valence-corrected chi connectivity index (χ4v) is 2.07. The molecule has 0 saturated carbocycles. The summed E-state index contributed by atoms with van der Waals surface area (Å²) in [4.78, 5) is 11.8. The Labute approximate surface area is 125 Å². The van der Waals surface area contributed by atoms with Gasteiger partial charge < -0.3 is 14.8 Å². The van der Waals surface area contributed by atoms with Crippen LogP contribution in [0, 0.1) is 5.82 Å². The minimum Gasteiger partial charge on any atom is -0.478 e. The molecule has 1 aromatic carbocycles. The van der Waals surface area contributed by atoms with E-state index in [0.717, 1.165) is 6.54 Å². The normalized spacial score (nSPS) is 13.6. The Morgan fingerprint density at radius 1 is 1.33 bits per heavy atom. The minimum atomic E-state index is -0.678. The molecule has 0 fully saturated rings. The lowest BCUT2D eigenvalue weighted by Gasteiger charge is -2.21. The number of carbonyl (C=O) groups excluding carboxylic acids is 1. The molecule has 2 unspecified atom stereocenters. The van der Waals surface area contributed by atoms with Gasteiger partial charge >= 0.3 is 5.97 Å². The highest BCUT2D eigenvalue weighted by Crippen LogP contribution is 2.27. The van der Waals surface area contributed by atoms with Crippen molar-refractivity contribution >= 4 is 5.97 Å². The van der Waals surface area contributed by atoms with Gasteiger partial charge in [-0.05, 0) is 45.0 Å². The number of halogens is 1. The summed E-state index contributed by atoms with van der Waals surface area (Å²) in [7, 11) is 0. The summed E-state index contributed by atoms with van der Waals surface area (Å²) in [6, 6.07) is 4.25. The Morgan fingerprint density at radius 3 is 2.62 bits per heavy atom. The van der Waals surface area contributed by atoms with Crippen molar-refractivity contribution in [3.8, 4) is 5.75 Å². The summed E-state index contributed by atoms with van der Waals surface area (Å²) in [5.74, 6) is -0.220. The lowest BCUT2D eigenvalue weighted by molar-refractivity contribution is -0.151. The maximum atomic E-state index is 13.5. The molecular weight excluding hydrogens is 273 g/mol. The predicted octanol–water partition coefficient (Wildman–Crippen LogP) is 3.22. The van der Waals surface area contributed by atoms with Gasteiger partial charge in [0.1, 0.15) is 11.6 Å². The standard InChI is InChI=1S/C16H24FNO3/c1-5-14(16(19)20-7-3)21-15-9-8-12(17)10-13(15)11(4)18-6-2/h8-11,14,18H,5-7H2,1-4H3. The molecule has 0 amide bonds. The number of esters is 1. The van der Waals surface area contributed by atoms with Gasteiger partial charge in [-0.3, -0.25) is 0 Å². The molecule has 1 aromatic rings. The second-order valence-electron chi connectivity index (χ2n) is 4.73. The highest BCUT2D eigenvalue weighted by molar-refractivity contribution is 5.75. The highest BCUT2D eigenvalue weighted by atomic mass is 19.1. The Balaban J connectivity index is 2.97. The molecule has 0 saturated heterocycles. The molecule has 0 aliphatic rings. The molecule has 2 atom stereocenters. The predicted molar refractivity (Wildman–Crippen MR) is 79.8 cm³/mol. The van der Waals surface area contributed by atoms with Gasteiger partial charge in [0.05, 0.1) is 6.61 Å². The maximum absolute atomic E-state index is 13.5. The van der Waals surface area contributed by atoms with Crippen LogP contribution in [0.25, 0.3) is 0 Å². The zero-order valence-corrected chi connectivity index (χ0v) is 13.1. The SMILES string of the molecule is CCNC(C)c1cc(F)ccc1OC(CC)C(=O)OCC. The molecule has 1 rings (SSSR count). The third-order valence-corrected chi connectivity index (χ3v) is 3.14. The molecule has 0 heterocycles. The van der Waals surface area contributed by atoms with Crippen LogP contribution in [-0.4, -0.2) is 25.2 Å². The van der Waals surface area contributed by atoms with E-state index in [1.165, 1.54) is 12.1 Å². The summed E-state index contributed by atoms with van der Waals surface area (Å²) >= 11 is 0. The zero-order valence-electron chi connectivity index (χ0n) is 13.1. The number of hydrogen-bond donors (Lipinski definition) is 1. The van der Waals surface area contributed by atoms with Crippen LogP contribution in [0.1, 0.15) is 45.7 Å². The quantitative estimate of drug-likeness (QED) is 0.748. The average molecular weight is 297 g/mol. The first-order chi connectivity index (χ1) is 10.0. The summed E-state index contributed by atoms with van der Waals surface area (Å²) in [6.45, 7) is 8.56. The third-order valence-electron chi connectivity index (χ3n) is 3.14. The number of benzene rings is 1. The molecule has 0 spiro atoms. The lowest BCUT2D eigenvalue weighted by atomic mass is 10.1. The molecular formula is C16H24FNO3. The van der Waals surface area contributed by atoms with Gasteiger partial charge in [0, 0.05) is 11.6 Å². The van der Waals surface area contributed by atoms with Gasteiger partial charge in [-0.2, -0.15) is 0 Å². The van der Waals surface area contributed by atoms with E-state index < -0.39 is 12.1 Å². The summed E-state index contributed by atoms with van der Waals surface area (Å²) in [5.41, 5.74) is 0.694. The Bertz CT molecular complexity index is 465. The van der Waals surface area contributed by atoms with Crippen molar-refractivity contribution in [2.45, 2.75) is 46.3 Å². The van der Waals surface area contributed by atoms with Crippen LogP contribution in [0.3, 0.4) is 0 Å². The van der Waals surface area contributed by atoms with Crippen molar-refractivity contribution < 1.29 is 18.7 Å². The Hall–Kier alpha value is -1.62. The molecule has 4 nitrogen and oxygen atoms in total. The van der Waals surface area contributed by atoms with Crippen molar-refractivity contribution in [3.63, 3.8) is 0 Å². The van der Waals surface area contributed by atoms with E-state index >= 15 is 0 Å². The zero-order chi connectivity index (χ0) is 15.8. The van der Waals surface area contributed by atoms with Crippen molar-refractivity contribution in [3.05, 3.63) is 29.6 Å². The topological polar surface area (TPSA) is 47.6 Å². The van der Waals surface area contributed by atoms with Crippen LogP contribution >= 0.6 is 0 Å². The highest BCUT2D eigenvalue weighted by Gasteiger charge is 2.22. The van der Waals surface area contributed by atoms with Crippen molar-refractivity contribution in [2.75, 3.05) is 13.2 Å². The molecule has 0 aliphatic heterocycles. The van der Waals surface area contributed by atoms with Crippen LogP contribution in [0.5, 0.6) is 5.75 Å². The molecule has 21 heavy (non-hydrogen) atoms. The average Bonchev–Trinajstić information content (AvgIpc) is 2.46. The molecule has 5 heteroatoms. The molecule has 1 N–H and O–H groups in total. The van der Waals surface area contributed by atoms with Crippen LogP contribution in [0.2, 0.25) is 0 Å². The summed E-state index contributed by atoms with van der Waals surface area (Å²) < 4.78 is 24.2. The van der Waals surface area contributed by atoms with Gasteiger partial charge in [0.25, 0.3) is 0 Å². The van der Waals surface area contributed by atoms with Crippen molar-refractivity contribution in [1.29, 1.82) is 0 Å². The monoisotopic (exact) mass is 297 g/mol. The van der Waals surface area contributed by atoms with Crippen LogP contribution < -0.4 is 10.1 Å². The van der Waals surface area contributed by atoms with Crippen LogP contribution in [-0.2, 0) is 9.53 Å². The second kappa shape index (κ2) is 8.62. The fourth-order valence-electron chi connectivity index (χ4n) is 2.07. The van der Waals surface area contributed by atoms with Gasteiger partial charge in [0.2, 0.25) is 0 Å². The van der Waals surface area contributed by atoms with E-state index in [-0.39, 0.29) is 11.9 Å². The van der Waals surface area contributed by atoms with Gasteiger partial charge in [-0.1, -0.05) is 13.8 Å². The number of carbonyl (C=O) groups is 1. The van der Waals surface area contributed by atoms with Crippen LogP contribution in [0.15, 0.2) is 18.2 Å². The third kappa shape index (κ3) is 5.01. The van der Waals surface area contributed by atoms with Gasteiger partial charge in [0.15, 0.2) is 6.10 Å². The maximum Gasteiger partial charge on any atom is 0.347 e. The fraction of sp³-hybridized carbons (Fsp3) is 0.562. The molecule has 0 aliphatic carbocycles. The Kier molecular flexibility index (Phi) is 7.15. The molecule has 0 bridgehead atoms. The smallest absolute Gasteiger partial charge is 0.347 e. The second-order valence-corrected chi connectivity index (χ2v) is 4.73. The van der Waals surface area contributed by atoms with Crippen LogP contribution in [0.4, 0.5) is 4.39 Å². The van der Waals surface area contributed by atoms with E-state index in [9.17, 15) is 9.18 Å². The van der Waals surface area contributed by atoms with E-state index in [0.29, 0.717) is 24.3 Å². The van der Waals surface area contributed by atoms with E-state index in [1.807, 2.05) is 20.8 Å². The van der Waals surface area contributed by atoms with E-state index in [4.69, 9.17) is 9.47 Å². The number of rotatable bonds is 8. The largest absolute Gasteiger partial charge is 0.478 e. The van der Waals surface area contributed by atoms with Crippen molar-refractivity contribution in [1.82, 2.24) is 5.32 Å². The first-order valence-electron chi connectivity index (χ1n) is 7.39. The Morgan fingerprint density at radius 2 is 2.05 bits per heavy atom. The van der Waals surface area contributed by atoms with Crippen molar-refractivity contribution in [2.24, 2.45) is 0 Å². The van der Waals surface area contributed by atoms with E-state index in [2.05, 4.69) is 5.32 Å². The summed E-state index contributed by atoms with van der Waals surface area (Å²) in [5, 5.41) is 3.21. The lowest BCUT2D eigenvalue weighted by Crippen LogP contribution is -2.29. The number of ether oxygens (including phenoxy) is 2. The number of nitrogens with one attached hydrogen (secondary N) is 1. The number of hydrogen-bond acceptors (Lipinski definition) is 4. The molecule has 118 valence electrons. The minimum absolute atomic E-state index is 0.0691. The molecule has 0 aromatic heterocycles.